The molecule has 32 heteroatoms. The first-order valence-electron chi connectivity index (χ1n) is 38.2. The lowest BCUT2D eigenvalue weighted by Gasteiger charge is -2.36. The average Bonchev–Trinajstić information content (AvgIpc) is 1.59. The number of nitrogens with one attached hydrogen (secondary N) is 3. The Labute approximate surface area is 665 Å². The van der Waals surface area contributed by atoms with E-state index < -0.39 is 99.1 Å². The third-order valence-electron chi connectivity index (χ3n) is 21.1. The van der Waals surface area contributed by atoms with Crippen LogP contribution in [0.3, 0.4) is 0 Å². The lowest BCUT2D eigenvalue weighted by atomic mass is 9.85. The minimum Gasteiger partial charge on any atom is -0.508 e. The molecule has 0 unspecified atom stereocenters. The number of Topliss-reactive ketones (excluding diaryl/α,β-unsaturated/α-hetero) is 2. The summed E-state index contributed by atoms with van der Waals surface area (Å²) in [5.74, 6) is -6.93. The fraction of sp³-hybridized carbons (Fsp3) is 0.422. The fourth-order valence-corrected chi connectivity index (χ4v) is 15.5. The number of hydrogen-bond acceptors (Lipinski definition) is 22. The van der Waals surface area contributed by atoms with Crippen molar-refractivity contribution in [3.05, 3.63) is 176 Å². The Hall–Kier alpha value is -11.5. The number of hydrogen-bond donors (Lipinski definition) is 5. The third-order valence-corrected chi connectivity index (χ3v) is 22.0. The number of benzene rings is 4. The van der Waals surface area contributed by atoms with Gasteiger partial charge in [0.25, 0.3) is 15.7 Å². The molecule has 0 saturated heterocycles. The molecule has 610 valence electrons. The van der Waals surface area contributed by atoms with Crippen LogP contribution in [0.25, 0.3) is 44.5 Å². The Balaban J connectivity index is 0.554. The number of esters is 1. The molecule has 3 aliphatic rings. The van der Waals surface area contributed by atoms with E-state index in [9.17, 15) is 66.0 Å². The maximum atomic E-state index is 14.2. The van der Waals surface area contributed by atoms with Gasteiger partial charge in [-0.05, 0) is 107 Å². The van der Waals surface area contributed by atoms with Crippen LogP contribution in [0.2, 0.25) is 0 Å². The molecule has 2 aliphatic heterocycles. The van der Waals surface area contributed by atoms with Gasteiger partial charge in [-0.3, -0.25) is 33.3 Å². The predicted octanol–water partition coefficient (Wildman–Crippen LogP) is 9.04. The van der Waals surface area contributed by atoms with Gasteiger partial charge in [-0.15, -0.1) is 0 Å². The molecule has 115 heavy (non-hydrogen) atoms. The minimum absolute atomic E-state index is 0.00620. The van der Waals surface area contributed by atoms with Crippen molar-refractivity contribution in [3.8, 4) is 28.3 Å². The Morgan fingerprint density at radius 1 is 0.757 bits per heavy atom. The molecule has 6 amide bonds. The van der Waals surface area contributed by atoms with Crippen molar-refractivity contribution in [1.82, 2.24) is 49.6 Å². The molecular formula is C83H97N11O20S. The normalized spacial score (nSPS) is 14.8. The van der Waals surface area contributed by atoms with Crippen molar-refractivity contribution >= 4 is 91.3 Å². The van der Waals surface area contributed by atoms with Crippen molar-refractivity contribution in [1.29, 1.82) is 0 Å². The van der Waals surface area contributed by atoms with Crippen molar-refractivity contribution in [2.45, 2.75) is 124 Å². The standard InChI is InChI=1S/C83H97N11O20S/c1-10-59-64-42-57(95)26-27-69(64)87-74-65(59)45-94-70(74)43-68-67(78(94)101)48-111-79(102)83(68,11-2)114-81(104)90(7)34-33-89(6)80(103)112-46-52-22-24-55(25-23-52)86-76(99)51(5)39-71(97)73(50(3)4)88-72(98)29-35-109-37-38-110-36-31-85-77(100)54(49-115(106,107)108)41-58(96)28-32-93-56(40-53-17-16-30-84-75(53)93)44-91(8)92(9)82(105)113-47-66-62-20-14-12-18-60(62)61-19-13-15-21-63(61)66/h12-27,30,40,42-43,50-51,54,66,73,95H,10-11,28-29,31-39,41,44-49H2,1-9H3,(H,85,100)(H,86,99)(H,88,98)(H,106,107,108)/t51-,54+,73+,83+/m1/s1. The molecule has 5 N–H and O–H groups in total. The van der Waals surface area contributed by atoms with Gasteiger partial charge in [0.15, 0.2) is 5.78 Å². The Kier molecular flexibility index (Phi) is 27.3. The van der Waals surface area contributed by atoms with Crippen LogP contribution in [0.4, 0.5) is 20.1 Å². The largest absolute Gasteiger partial charge is 0.508 e. The quantitative estimate of drug-likeness (QED) is 0.00796. The number of pyridine rings is 3. The first kappa shape index (κ1) is 84.5. The summed E-state index contributed by atoms with van der Waals surface area (Å²) in [7, 11) is 1.54. The molecule has 0 fully saturated rings. The summed E-state index contributed by atoms with van der Waals surface area (Å²) in [6.07, 6.45) is -0.955. The molecule has 0 spiro atoms. The Morgan fingerprint density at radius 3 is 2.12 bits per heavy atom. The molecule has 4 aromatic heterocycles. The van der Waals surface area contributed by atoms with Crippen molar-refractivity contribution in [2.75, 3.05) is 91.9 Å². The first-order chi connectivity index (χ1) is 55.0. The summed E-state index contributed by atoms with van der Waals surface area (Å²) in [6.45, 7) is 8.83. The van der Waals surface area contributed by atoms with Crippen LogP contribution in [0.15, 0.2) is 126 Å². The number of likely N-dealkylation sites (N-methyl/N-ethyl adjacent to an activating group) is 2. The number of rotatable bonds is 37. The van der Waals surface area contributed by atoms with Crippen LogP contribution >= 0.6 is 0 Å². The lowest BCUT2D eigenvalue weighted by molar-refractivity contribution is -0.173. The number of anilines is 1. The fourth-order valence-electron chi connectivity index (χ4n) is 14.7. The number of phenolic OH excluding ortho intramolecular Hbond substituents is 1. The van der Waals surface area contributed by atoms with Gasteiger partial charge >= 0.3 is 24.2 Å². The molecule has 0 saturated carbocycles. The third kappa shape index (κ3) is 19.8. The van der Waals surface area contributed by atoms with E-state index in [4.69, 9.17) is 33.4 Å². The second-order valence-corrected chi connectivity index (χ2v) is 30.9. The van der Waals surface area contributed by atoms with E-state index in [0.29, 0.717) is 45.9 Å². The molecule has 0 bridgehead atoms. The number of ether oxygens (including phenoxy) is 6. The molecule has 11 rings (SSSR count). The van der Waals surface area contributed by atoms with Crippen molar-refractivity contribution in [3.63, 3.8) is 0 Å². The summed E-state index contributed by atoms with van der Waals surface area (Å²) in [6, 6.07) is 33.8. The van der Waals surface area contributed by atoms with E-state index >= 15 is 0 Å². The van der Waals surface area contributed by atoms with E-state index in [1.54, 1.807) is 106 Å². The summed E-state index contributed by atoms with van der Waals surface area (Å²) in [4.78, 5) is 147. The van der Waals surface area contributed by atoms with Gasteiger partial charge in [0.05, 0.1) is 79.7 Å². The highest BCUT2D eigenvalue weighted by atomic mass is 32.2. The Bertz CT molecular complexity index is 5140. The van der Waals surface area contributed by atoms with Crippen LogP contribution in [-0.2, 0) is 112 Å². The minimum atomic E-state index is -4.70. The highest BCUT2D eigenvalue weighted by Crippen LogP contribution is 2.46. The smallest absolute Gasteiger partial charge is 0.424 e. The lowest BCUT2D eigenvalue weighted by Crippen LogP contribution is -2.49. The highest BCUT2D eigenvalue weighted by Gasteiger charge is 2.51. The van der Waals surface area contributed by atoms with Crippen LogP contribution in [0.5, 0.6) is 5.75 Å². The zero-order valence-corrected chi connectivity index (χ0v) is 66.6. The number of phenols is 1. The maximum absolute atomic E-state index is 14.2. The second kappa shape index (κ2) is 37.2. The van der Waals surface area contributed by atoms with Crippen molar-refractivity contribution in [2.24, 2.45) is 17.8 Å². The molecule has 0 radical (unpaired) electrons. The predicted molar refractivity (Wildman–Crippen MR) is 423 cm³/mol. The molecule has 1 aliphatic carbocycles. The van der Waals surface area contributed by atoms with Gasteiger partial charge in [-0.25, -0.2) is 39.2 Å². The molecule has 6 heterocycles. The number of aromatic nitrogens is 4. The van der Waals surface area contributed by atoms with E-state index in [2.05, 4.69) is 33.1 Å². The number of carbonyl (C=O) groups excluding carboxylic acids is 9. The number of nitrogens with zero attached hydrogens (tertiary/aromatic N) is 8. The van der Waals surface area contributed by atoms with Gasteiger partial charge < -0.3 is 68.4 Å². The molecule has 4 atom stereocenters. The average molecular weight is 1600 g/mol. The number of amides is 6. The number of aromatic hydroxyl groups is 1. The number of cyclic esters (lactones) is 1. The number of fused-ring (bicyclic) bond motifs is 9. The van der Waals surface area contributed by atoms with Gasteiger partial charge in [0.1, 0.15) is 37.0 Å². The first-order valence-corrected chi connectivity index (χ1v) is 39.8. The topological polar surface area (TPSA) is 385 Å². The van der Waals surface area contributed by atoms with Gasteiger partial charge in [-0.2, -0.15) is 8.42 Å². The Morgan fingerprint density at radius 2 is 1.44 bits per heavy atom. The summed E-state index contributed by atoms with van der Waals surface area (Å²) in [5.41, 5.74) is 7.99. The number of hydrazine groups is 1. The zero-order chi connectivity index (χ0) is 82.6. The van der Waals surface area contributed by atoms with Crippen molar-refractivity contribution < 1.29 is 89.6 Å². The van der Waals surface area contributed by atoms with Crippen LogP contribution in [0.1, 0.15) is 117 Å². The summed E-state index contributed by atoms with van der Waals surface area (Å²) < 4.78 is 71.5. The maximum Gasteiger partial charge on any atom is 0.424 e. The number of carbonyl (C=O) groups is 9. The second-order valence-electron chi connectivity index (χ2n) is 29.4. The monoisotopic (exact) mass is 1600 g/mol. The molecule has 8 aromatic rings. The van der Waals surface area contributed by atoms with E-state index in [1.165, 1.54) is 35.0 Å². The highest BCUT2D eigenvalue weighted by molar-refractivity contribution is 7.85. The van der Waals surface area contributed by atoms with Crippen LogP contribution in [0, 0.1) is 17.8 Å². The summed E-state index contributed by atoms with van der Waals surface area (Å²) in [5, 5.41) is 23.0. The molecule has 31 nitrogen and oxygen atoms in total. The van der Waals surface area contributed by atoms with E-state index in [0.717, 1.165) is 44.2 Å². The van der Waals surface area contributed by atoms with Gasteiger partial charge in [0.2, 0.25) is 23.3 Å². The van der Waals surface area contributed by atoms with Crippen LogP contribution < -0.4 is 21.5 Å². The van der Waals surface area contributed by atoms with Gasteiger partial charge in [0, 0.05) is 131 Å². The van der Waals surface area contributed by atoms with E-state index in [1.807, 2.05) is 60.0 Å². The number of aryl methyl sites for hydroxylation is 2. The zero-order valence-electron chi connectivity index (χ0n) is 65.8. The molecule has 4 aromatic carbocycles. The van der Waals surface area contributed by atoms with E-state index in [-0.39, 0.29) is 146 Å². The van der Waals surface area contributed by atoms with Gasteiger partial charge in [-0.1, -0.05) is 95.3 Å². The molecular weight excluding hydrogens is 1500 g/mol. The summed E-state index contributed by atoms with van der Waals surface area (Å²) >= 11 is 0. The number of ketones is 2. The van der Waals surface area contributed by atoms with Crippen LogP contribution in [-0.4, -0.2) is 203 Å². The SMILES string of the molecule is CCc1c2c(nc3ccc(O)cc13)-c1cc3c(c(=O)n1C2)COC(=O)[C@@]3(CC)OC(=O)N(C)CCN(C)C(=O)OCc1ccc(NC(=O)[C@H](C)CC(=O)[C@@H](NC(=O)CCOCCOCCNC(=O)[C@@H](CC(=O)CCn2c(CN(C)N(C)C(=O)OCC3c4ccccc4-c4ccccc43)cc3cccnc32)CS(=O)(=O)O)C(C)C)cc1.